The van der Waals surface area contributed by atoms with Crippen molar-refractivity contribution >= 4 is 5.78 Å². The average Bonchev–Trinajstić information content (AvgIpc) is 2.58. The number of hydrogen-bond donors (Lipinski definition) is 1. The third-order valence-electron chi connectivity index (χ3n) is 4.37. The molecule has 0 saturated heterocycles. The van der Waals surface area contributed by atoms with Crippen LogP contribution in [0, 0.1) is 6.92 Å². The van der Waals surface area contributed by atoms with E-state index >= 15 is 0 Å². The molecule has 0 bridgehead atoms. The van der Waals surface area contributed by atoms with Crippen LogP contribution >= 0.6 is 0 Å². The first-order chi connectivity index (χ1) is 12.2. The Balaban J connectivity index is 2.38. The summed E-state index contributed by atoms with van der Waals surface area (Å²) in [6, 6.07) is 11.3. The maximum atomic E-state index is 13.7. The molecule has 0 spiro atoms. The maximum Gasteiger partial charge on any atom is 0.407 e. The van der Waals surface area contributed by atoms with Gasteiger partial charge in [0.05, 0.1) is 6.04 Å². The molecule has 26 heavy (non-hydrogen) atoms. The molecule has 0 radical (unpaired) electrons. The van der Waals surface area contributed by atoms with Crippen molar-refractivity contribution in [2.45, 2.75) is 51.9 Å². The fraction of sp³-hybridized carbons (Fsp3) is 0.381. The smallest absolute Gasteiger partial charge is 0.298 e. The maximum absolute atomic E-state index is 13.7. The molecule has 2 atom stereocenters. The van der Waals surface area contributed by atoms with Crippen molar-refractivity contribution in [2.75, 3.05) is 0 Å². The summed E-state index contributed by atoms with van der Waals surface area (Å²) in [6.07, 6.45) is -3.49. The lowest BCUT2D eigenvalue weighted by atomic mass is 9.97. The monoisotopic (exact) mass is 363 g/mol. The van der Waals surface area contributed by atoms with Gasteiger partial charge in [0.1, 0.15) is 11.8 Å². The van der Waals surface area contributed by atoms with Gasteiger partial charge in [0.2, 0.25) is 0 Å². The number of ketones is 1. The molecule has 0 saturated carbocycles. The Morgan fingerprint density at radius 3 is 2.27 bits per heavy atom. The number of carbonyl (C=O) groups is 1. The van der Waals surface area contributed by atoms with E-state index < -0.39 is 18.3 Å². The van der Waals surface area contributed by atoms with Gasteiger partial charge in [-0.25, -0.2) is 0 Å². The quantitative estimate of drug-likeness (QED) is 0.692. The van der Waals surface area contributed by atoms with Gasteiger partial charge in [-0.3, -0.25) is 10.1 Å². The van der Waals surface area contributed by atoms with E-state index in [-0.39, 0.29) is 11.3 Å². The SMILES string of the molecule is CCCC(N[C@@H](c1cccc(-c2ccc(C)cc2)c1)C(F)(F)F)C(C)=O. The molecule has 0 amide bonds. The number of alkyl halides is 3. The largest absolute Gasteiger partial charge is 0.407 e. The Labute approximate surface area is 152 Å². The van der Waals surface area contributed by atoms with Crippen molar-refractivity contribution in [2.24, 2.45) is 0 Å². The number of carbonyl (C=O) groups excluding carboxylic acids is 1. The van der Waals surface area contributed by atoms with Crippen LogP contribution in [0.3, 0.4) is 0 Å². The second-order valence-electron chi connectivity index (χ2n) is 6.58. The number of rotatable bonds is 7. The van der Waals surface area contributed by atoms with Crippen molar-refractivity contribution in [3.05, 3.63) is 59.7 Å². The van der Waals surface area contributed by atoms with Crippen molar-refractivity contribution in [3.8, 4) is 11.1 Å². The van der Waals surface area contributed by atoms with Crippen LogP contribution in [0.15, 0.2) is 48.5 Å². The van der Waals surface area contributed by atoms with Gasteiger partial charge in [-0.05, 0) is 43.0 Å². The van der Waals surface area contributed by atoms with Gasteiger partial charge in [0.25, 0.3) is 0 Å². The Kier molecular flexibility index (Phi) is 6.59. The molecule has 0 aliphatic rings. The molecule has 2 aromatic rings. The molecule has 0 aliphatic heterocycles. The van der Waals surface area contributed by atoms with Crippen LogP contribution in [0.5, 0.6) is 0 Å². The van der Waals surface area contributed by atoms with Crippen LogP contribution in [0.25, 0.3) is 11.1 Å². The summed E-state index contributed by atoms with van der Waals surface area (Å²) in [5, 5.41) is 2.52. The molecular weight excluding hydrogens is 339 g/mol. The minimum Gasteiger partial charge on any atom is -0.298 e. The van der Waals surface area contributed by atoms with Crippen LogP contribution in [0.1, 0.15) is 43.9 Å². The first-order valence-corrected chi connectivity index (χ1v) is 8.72. The topological polar surface area (TPSA) is 29.1 Å². The first-order valence-electron chi connectivity index (χ1n) is 8.72. The van der Waals surface area contributed by atoms with E-state index in [4.69, 9.17) is 0 Å². The predicted octanol–water partition coefficient (Wildman–Crippen LogP) is 5.61. The Hall–Kier alpha value is -2.14. The molecule has 1 N–H and O–H groups in total. The highest BCUT2D eigenvalue weighted by molar-refractivity contribution is 5.81. The molecule has 1 unspecified atom stereocenters. The molecule has 2 nitrogen and oxygen atoms in total. The number of Topliss-reactive ketones (excluding diaryl/α,β-unsaturated/α-hetero) is 1. The lowest BCUT2D eigenvalue weighted by molar-refractivity contribution is -0.160. The van der Waals surface area contributed by atoms with Crippen molar-refractivity contribution in [1.29, 1.82) is 0 Å². The molecule has 0 aromatic heterocycles. The molecule has 0 heterocycles. The van der Waals surface area contributed by atoms with Gasteiger partial charge < -0.3 is 0 Å². The van der Waals surface area contributed by atoms with Gasteiger partial charge in [0.15, 0.2) is 0 Å². The Morgan fingerprint density at radius 2 is 1.73 bits per heavy atom. The third-order valence-corrected chi connectivity index (χ3v) is 4.37. The van der Waals surface area contributed by atoms with E-state index in [0.29, 0.717) is 18.4 Å². The van der Waals surface area contributed by atoms with Crippen LogP contribution in [0.2, 0.25) is 0 Å². The highest BCUT2D eigenvalue weighted by Gasteiger charge is 2.42. The van der Waals surface area contributed by atoms with E-state index in [0.717, 1.165) is 11.1 Å². The van der Waals surface area contributed by atoms with Crippen molar-refractivity contribution in [1.82, 2.24) is 5.32 Å². The van der Waals surface area contributed by atoms with E-state index in [1.165, 1.54) is 13.0 Å². The van der Waals surface area contributed by atoms with Gasteiger partial charge in [-0.15, -0.1) is 0 Å². The van der Waals surface area contributed by atoms with E-state index in [1.807, 2.05) is 38.1 Å². The van der Waals surface area contributed by atoms with Crippen LogP contribution in [0.4, 0.5) is 13.2 Å². The first kappa shape index (κ1) is 20.2. The van der Waals surface area contributed by atoms with Gasteiger partial charge >= 0.3 is 6.18 Å². The summed E-state index contributed by atoms with van der Waals surface area (Å²) >= 11 is 0. The average molecular weight is 363 g/mol. The number of aryl methyl sites for hydroxylation is 1. The molecular formula is C21H24F3NO. The number of nitrogens with one attached hydrogen (secondary N) is 1. The minimum atomic E-state index is -4.49. The second kappa shape index (κ2) is 8.49. The number of halogens is 3. The highest BCUT2D eigenvalue weighted by atomic mass is 19.4. The molecule has 2 rings (SSSR count). The Bertz CT molecular complexity index is 738. The third kappa shape index (κ3) is 5.18. The van der Waals surface area contributed by atoms with Gasteiger partial charge in [0, 0.05) is 0 Å². The van der Waals surface area contributed by atoms with E-state index in [1.54, 1.807) is 18.2 Å². The molecule has 5 heteroatoms. The molecule has 140 valence electrons. The summed E-state index contributed by atoms with van der Waals surface area (Å²) in [5.41, 5.74) is 2.77. The zero-order valence-corrected chi connectivity index (χ0v) is 15.2. The fourth-order valence-electron chi connectivity index (χ4n) is 2.92. The number of benzene rings is 2. The zero-order valence-electron chi connectivity index (χ0n) is 15.2. The summed E-state index contributed by atoms with van der Waals surface area (Å²) in [4.78, 5) is 11.7. The second-order valence-corrected chi connectivity index (χ2v) is 6.58. The summed E-state index contributed by atoms with van der Waals surface area (Å²) in [5.74, 6) is -0.282. The standard InChI is InChI=1S/C21H24F3NO/c1-4-6-19(15(3)26)25-20(21(22,23)24)18-8-5-7-17(13-18)16-11-9-14(2)10-12-16/h5,7-13,19-20,25H,4,6H2,1-3H3/t19?,20-/m0/s1. The molecule has 2 aromatic carbocycles. The van der Waals surface area contributed by atoms with Gasteiger partial charge in [-0.2, -0.15) is 13.2 Å². The summed E-state index contributed by atoms with van der Waals surface area (Å²) in [7, 11) is 0. The molecule has 0 fully saturated rings. The fourth-order valence-corrected chi connectivity index (χ4v) is 2.92. The van der Waals surface area contributed by atoms with E-state index in [9.17, 15) is 18.0 Å². The summed E-state index contributed by atoms with van der Waals surface area (Å²) in [6.45, 7) is 5.13. The van der Waals surface area contributed by atoms with E-state index in [2.05, 4.69) is 5.32 Å². The number of hydrogen-bond acceptors (Lipinski definition) is 2. The lowest BCUT2D eigenvalue weighted by Gasteiger charge is -2.27. The predicted molar refractivity (Wildman–Crippen MR) is 97.9 cm³/mol. The Morgan fingerprint density at radius 1 is 1.08 bits per heavy atom. The molecule has 0 aliphatic carbocycles. The summed E-state index contributed by atoms with van der Waals surface area (Å²) < 4.78 is 41.0. The van der Waals surface area contributed by atoms with Crippen LogP contribution < -0.4 is 5.32 Å². The van der Waals surface area contributed by atoms with Crippen molar-refractivity contribution in [3.63, 3.8) is 0 Å². The highest BCUT2D eigenvalue weighted by Crippen LogP contribution is 2.35. The van der Waals surface area contributed by atoms with Crippen LogP contribution in [-0.4, -0.2) is 18.0 Å². The minimum absolute atomic E-state index is 0.109. The zero-order chi connectivity index (χ0) is 19.3. The lowest BCUT2D eigenvalue weighted by Crippen LogP contribution is -2.44. The normalized spacial score (nSPS) is 14.1. The van der Waals surface area contributed by atoms with Crippen LogP contribution in [-0.2, 0) is 4.79 Å². The van der Waals surface area contributed by atoms with Gasteiger partial charge in [-0.1, -0.05) is 61.4 Å². The van der Waals surface area contributed by atoms with Crippen molar-refractivity contribution < 1.29 is 18.0 Å².